The van der Waals surface area contributed by atoms with Crippen LogP contribution in [0.2, 0.25) is 0 Å². The number of aryl methyl sites for hydroxylation is 1. The molecule has 0 N–H and O–H groups in total. The molecule has 25 heavy (non-hydrogen) atoms. The number of hydrogen-bond acceptors (Lipinski definition) is 2. The summed E-state index contributed by atoms with van der Waals surface area (Å²) in [7, 11) is 0. The van der Waals surface area contributed by atoms with Gasteiger partial charge in [-0.2, -0.15) is 0 Å². The van der Waals surface area contributed by atoms with Crippen LogP contribution in [0.3, 0.4) is 0 Å². The van der Waals surface area contributed by atoms with Crippen molar-refractivity contribution in [3.63, 3.8) is 0 Å². The Morgan fingerprint density at radius 1 is 0.800 bits per heavy atom. The highest BCUT2D eigenvalue weighted by atomic mass is 32.1. The Balaban J connectivity index is 1.92. The lowest BCUT2D eigenvalue weighted by atomic mass is 10.0. The molecule has 3 heteroatoms. The summed E-state index contributed by atoms with van der Waals surface area (Å²) >= 11 is 1.75. The zero-order valence-corrected chi connectivity index (χ0v) is 14.6. The van der Waals surface area contributed by atoms with Crippen LogP contribution in [0.4, 0.5) is 0 Å². The molecular formula is C22H16N2S. The van der Waals surface area contributed by atoms with E-state index in [4.69, 9.17) is 4.98 Å². The van der Waals surface area contributed by atoms with E-state index in [0.717, 1.165) is 21.9 Å². The largest absolute Gasteiger partial charge is 0.282 e. The second kappa shape index (κ2) is 5.57. The Kier molecular flexibility index (Phi) is 3.22. The summed E-state index contributed by atoms with van der Waals surface area (Å²) in [4.78, 5) is 6.05. The van der Waals surface area contributed by atoms with E-state index in [0.29, 0.717) is 0 Å². The van der Waals surface area contributed by atoms with Gasteiger partial charge < -0.3 is 0 Å². The van der Waals surface area contributed by atoms with E-state index in [9.17, 15) is 0 Å². The third kappa shape index (κ3) is 2.28. The minimum atomic E-state index is 1.04. The number of rotatable bonds is 2. The second-order valence-electron chi connectivity index (χ2n) is 6.23. The summed E-state index contributed by atoms with van der Waals surface area (Å²) in [6.45, 7) is 2.13. The zero-order chi connectivity index (χ0) is 16.8. The number of hydrogen-bond donors (Lipinski definition) is 0. The quantitative estimate of drug-likeness (QED) is 0.374. The molecule has 0 radical (unpaired) electrons. The number of imidazole rings is 1. The Morgan fingerprint density at radius 3 is 2.20 bits per heavy atom. The summed E-state index contributed by atoms with van der Waals surface area (Å²) in [5, 5.41) is 0. The lowest BCUT2D eigenvalue weighted by Gasteiger charge is -2.06. The van der Waals surface area contributed by atoms with Crippen LogP contribution in [-0.4, -0.2) is 9.38 Å². The molecule has 2 nitrogen and oxygen atoms in total. The van der Waals surface area contributed by atoms with E-state index in [-0.39, 0.29) is 0 Å². The van der Waals surface area contributed by atoms with Gasteiger partial charge in [0.2, 0.25) is 0 Å². The maximum absolute atomic E-state index is 5.01. The normalized spacial score (nSPS) is 11.4. The fourth-order valence-electron chi connectivity index (χ4n) is 3.34. The second-order valence-corrected chi connectivity index (χ2v) is 7.24. The molecule has 5 aromatic rings. The monoisotopic (exact) mass is 340 g/mol. The Morgan fingerprint density at radius 2 is 1.48 bits per heavy atom. The van der Waals surface area contributed by atoms with Crippen molar-refractivity contribution in [2.75, 3.05) is 0 Å². The van der Waals surface area contributed by atoms with Gasteiger partial charge in [0.15, 0.2) is 4.96 Å². The molecule has 0 spiro atoms. The highest BCUT2D eigenvalue weighted by Gasteiger charge is 2.19. The van der Waals surface area contributed by atoms with Crippen molar-refractivity contribution in [1.82, 2.24) is 9.38 Å². The first-order valence-electron chi connectivity index (χ1n) is 8.34. The smallest absolute Gasteiger partial charge is 0.195 e. The number of aromatic nitrogens is 2. The molecule has 0 fully saturated rings. The lowest BCUT2D eigenvalue weighted by molar-refractivity contribution is 1.29. The molecule has 3 aromatic carbocycles. The highest BCUT2D eigenvalue weighted by molar-refractivity contribution is 7.23. The van der Waals surface area contributed by atoms with E-state index in [2.05, 4.69) is 84.1 Å². The summed E-state index contributed by atoms with van der Waals surface area (Å²) < 4.78 is 3.58. The van der Waals surface area contributed by atoms with Gasteiger partial charge in [-0.25, -0.2) is 4.98 Å². The average molecular weight is 340 g/mol. The van der Waals surface area contributed by atoms with Crippen LogP contribution in [0.15, 0.2) is 78.9 Å². The van der Waals surface area contributed by atoms with Crippen LogP contribution in [-0.2, 0) is 0 Å². The Bertz CT molecular complexity index is 1180. The van der Waals surface area contributed by atoms with E-state index < -0.39 is 0 Å². The summed E-state index contributed by atoms with van der Waals surface area (Å²) in [6.07, 6.45) is 0. The molecule has 0 aliphatic rings. The van der Waals surface area contributed by atoms with Crippen molar-refractivity contribution in [1.29, 1.82) is 0 Å². The summed E-state index contributed by atoms with van der Waals surface area (Å²) in [6, 6.07) is 27.6. The lowest BCUT2D eigenvalue weighted by Crippen LogP contribution is -1.89. The van der Waals surface area contributed by atoms with Crippen molar-refractivity contribution < 1.29 is 0 Å². The van der Waals surface area contributed by atoms with E-state index in [1.165, 1.54) is 21.3 Å². The maximum atomic E-state index is 5.01. The molecule has 0 aliphatic carbocycles. The van der Waals surface area contributed by atoms with Crippen LogP contribution < -0.4 is 0 Å². The van der Waals surface area contributed by atoms with Gasteiger partial charge in [-0.3, -0.25) is 4.40 Å². The molecule has 120 valence electrons. The average Bonchev–Trinajstić information content (AvgIpc) is 3.18. The molecule has 2 aromatic heterocycles. The topological polar surface area (TPSA) is 17.3 Å². The van der Waals surface area contributed by atoms with E-state index >= 15 is 0 Å². The van der Waals surface area contributed by atoms with Crippen molar-refractivity contribution >= 4 is 26.5 Å². The van der Waals surface area contributed by atoms with Gasteiger partial charge in [-0.1, -0.05) is 78.1 Å². The van der Waals surface area contributed by atoms with E-state index in [1.807, 2.05) is 6.07 Å². The molecule has 0 bridgehead atoms. The highest BCUT2D eigenvalue weighted by Crippen LogP contribution is 2.38. The zero-order valence-electron chi connectivity index (χ0n) is 13.8. The van der Waals surface area contributed by atoms with Crippen molar-refractivity contribution in [3.8, 4) is 22.5 Å². The van der Waals surface area contributed by atoms with Gasteiger partial charge in [0.25, 0.3) is 0 Å². The molecule has 0 atom stereocenters. The summed E-state index contributed by atoms with van der Waals surface area (Å²) in [5.74, 6) is 0. The van der Waals surface area contributed by atoms with E-state index in [1.54, 1.807) is 11.3 Å². The fourth-order valence-corrected chi connectivity index (χ4v) is 4.46. The first kappa shape index (κ1) is 14.4. The summed E-state index contributed by atoms with van der Waals surface area (Å²) in [5.41, 5.74) is 7.05. The standard InChI is InChI=1S/C22H16N2S/c1-15-12-13-18-19(14-15)25-22-23-20(16-8-4-2-5-9-16)21(24(18)22)17-10-6-3-7-11-17/h2-14H,1H3. The molecule has 0 unspecified atom stereocenters. The predicted molar refractivity (Wildman–Crippen MR) is 106 cm³/mol. The van der Waals surface area contributed by atoms with Crippen LogP contribution in [0.5, 0.6) is 0 Å². The van der Waals surface area contributed by atoms with Crippen molar-refractivity contribution in [2.45, 2.75) is 6.92 Å². The third-order valence-electron chi connectivity index (χ3n) is 4.50. The molecule has 0 aliphatic heterocycles. The van der Waals surface area contributed by atoms with Crippen LogP contribution in [0.1, 0.15) is 5.56 Å². The molecule has 2 heterocycles. The van der Waals surface area contributed by atoms with Crippen molar-refractivity contribution in [3.05, 3.63) is 84.4 Å². The molecule has 5 rings (SSSR count). The fraction of sp³-hybridized carbons (Fsp3) is 0.0455. The van der Waals surface area contributed by atoms with Gasteiger partial charge in [0, 0.05) is 11.1 Å². The minimum absolute atomic E-state index is 1.04. The number of benzene rings is 3. The van der Waals surface area contributed by atoms with Gasteiger partial charge in [0.1, 0.15) is 0 Å². The number of thiazole rings is 1. The van der Waals surface area contributed by atoms with Crippen LogP contribution >= 0.6 is 11.3 Å². The van der Waals surface area contributed by atoms with Gasteiger partial charge in [0.05, 0.1) is 21.6 Å². The Hall–Kier alpha value is -2.91. The molecule has 0 amide bonds. The number of fused-ring (bicyclic) bond motifs is 3. The van der Waals surface area contributed by atoms with Crippen molar-refractivity contribution in [2.24, 2.45) is 0 Å². The SMILES string of the molecule is Cc1ccc2c(c1)sc1nc(-c3ccccc3)c(-c3ccccc3)n12. The Labute approximate surface area is 150 Å². The minimum Gasteiger partial charge on any atom is -0.282 e. The van der Waals surface area contributed by atoms with Gasteiger partial charge >= 0.3 is 0 Å². The predicted octanol–water partition coefficient (Wildman–Crippen LogP) is 6.19. The number of nitrogens with zero attached hydrogens (tertiary/aromatic N) is 2. The van der Waals surface area contributed by atoms with Gasteiger partial charge in [-0.05, 0) is 24.6 Å². The van der Waals surface area contributed by atoms with Gasteiger partial charge in [-0.15, -0.1) is 0 Å². The first-order valence-corrected chi connectivity index (χ1v) is 9.15. The third-order valence-corrected chi connectivity index (χ3v) is 5.50. The van der Waals surface area contributed by atoms with Crippen LogP contribution in [0.25, 0.3) is 37.7 Å². The first-order chi connectivity index (χ1) is 12.3. The molecule has 0 saturated carbocycles. The molecule has 0 saturated heterocycles. The maximum Gasteiger partial charge on any atom is 0.195 e. The molecular weight excluding hydrogens is 324 g/mol. The van der Waals surface area contributed by atoms with Crippen LogP contribution in [0, 0.1) is 6.92 Å².